The third-order valence-electron chi connectivity index (χ3n) is 1.79. The monoisotopic (exact) mass is 216 g/mol. The molecule has 0 spiro atoms. The average molecular weight is 217 g/mol. The van der Waals surface area contributed by atoms with Gasteiger partial charge in [0.05, 0.1) is 0 Å². The molecule has 1 aromatic heterocycles. The molecule has 14 heavy (non-hydrogen) atoms. The van der Waals surface area contributed by atoms with Crippen LogP contribution in [0.1, 0.15) is 6.42 Å². The molecule has 0 saturated carbocycles. The summed E-state index contributed by atoms with van der Waals surface area (Å²) in [6, 6.07) is 4.93. The Morgan fingerprint density at radius 1 is 1.36 bits per heavy atom. The molecule has 0 radical (unpaired) electrons. The van der Waals surface area contributed by atoms with Crippen molar-refractivity contribution in [1.82, 2.24) is 0 Å². The molecular weight excluding hydrogens is 204 g/mol. The summed E-state index contributed by atoms with van der Waals surface area (Å²) in [5.74, 6) is -0.948. The number of hydrogen-bond donors (Lipinski definition) is 2. The molecule has 1 atom stereocenters. The number of carbonyl (C=O) groups is 1. The molecule has 0 aliphatic rings. The largest absolute Gasteiger partial charge is 1.00 e. The molecule has 0 fully saturated rings. The average Bonchev–Trinajstić information content (AvgIpc) is 2.15. The van der Waals surface area contributed by atoms with Gasteiger partial charge >= 0.3 is 5.97 Å². The highest BCUT2D eigenvalue weighted by molar-refractivity contribution is 5.72. The van der Waals surface area contributed by atoms with E-state index in [1.165, 1.54) is 0 Å². The maximum atomic E-state index is 10.4. The first-order chi connectivity index (χ1) is 6.20. The van der Waals surface area contributed by atoms with Crippen molar-refractivity contribution in [3.05, 3.63) is 30.6 Å². The number of pyridine rings is 1. The van der Waals surface area contributed by atoms with Gasteiger partial charge in [0.25, 0.3) is 0 Å². The van der Waals surface area contributed by atoms with Gasteiger partial charge in [0.2, 0.25) is 0 Å². The molecule has 3 N–H and O–H groups in total. The van der Waals surface area contributed by atoms with Gasteiger partial charge in [-0.3, -0.25) is 4.79 Å². The van der Waals surface area contributed by atoms with Gasteiger partial charge < -0.3 is 23.2 Å². The summed E-state index contributed by atoms with van der Waals surface area (Å²) < 4.78 is 1.91. The molecule has 5 heteroatoms. The van der Waals surface area contributed by atoms with Crippen molar-refractivity contribution in [3.8, 4) is 0 Å². The fourth-order valence-corrected chi connectivity index (χ4v) is 0.995. The van der Waals surface area contributed by atoms with Crippen LogP contribution in [0.25, 0.3) is 0 Å². The van der Waals surface area contributed by atoms with Crippen molar-refractivity contribution < 1.29 is 26.9 Å². The molecule has 0 aromatic carbocycles. The molecule has 1 unspecified atom stereocenters. The molecule has 0 amide bonds. The van der Waals surface area contributed by atoms with Gasteiger partial charge in [0.1, 0.15) is 6.04 Å². The number of aromatic nitrogens is 1. The number of aryl methyl sites for hydroxylation is 1. The van der Waals surface area contributed by atoms with E-state index in [0.29, 0.717) is 13.0 Å². The summed E-state index contributed by atoms with van der Waals surface area (Å²) >= 11 is 0. The van der Waals surface area contributed by atoms with E-state index in [1.807, 2.05) is 35.2 Å². The minimum Gasteiger partial charge on any atom is -1.00 e. The Balaban J connectivity index is 0.00000169. The fraction of sp³-hybridized carbons (Fsp3) is 0.333. The number of rotatable bonds is 4. The van der Waals surface area contributed by atoms with Gasteiger partial charge in [-0.25, -0.2) is 4.57 Å². The van der Waals surface area contributed by atoms with E-state index < -0.39 is 12.0 Å². The number of carboxylic acids is 1. The summed E-state index contributed by atoms with van der Waals surface area (Å²) in [5.41, 5.74) is 5.35. The maximum absolute atomic E-state index is 10.4. The van der Waals surface area contributed by atoms with Gasteiger partial charge in [-0.05, 0) is 0 Å². The van der Waals surface area contributed by atoms with Crippen LogP contribution < -0.4 is 22.7 Å². The highest BCUT2D eigenvalue weighted by atomic mass is 35.5. The number of aliphatic carboxylic acids is 1. The molecule has 0 aliphatic carbocycles. The predicted octanol–water partition coefficient (Wildman–Crippen LogP) is -3.22. The van der Waals surface area contributed by atoms with Crippen LogP contribution >= 0.6 is 0 Å². The van der Waals surface area contributed by atoms with Crippen LogP contribution in [-0.2, 0) is 11.3 Å². The second-order valence-corrected chi connectivity index (χ2v) is 2.85. The second kappa shape index (κ2) is 6.34. The molecule has 1 aromatic rings. The number of nitrogens with zero attached hydrogens (tertiary/aromatic N) is 1. The zero-order valence-electron chi connectivity index (χ0n) is 7.64. The summed E-state index contributed by atoms with van der Waals surface area (Å²) in [5, 5.41) is 8.53. The van der Waals surface area contributed by atoms with E-state index in [0.717, 1.165) is 0 Å². The van der Waals surface area contributed by atoms with Gasteiger partial charge in [-0.15, -0.1) is 0 Å². The minimum atomic E-state index is -0.948. The quantitative estimate of drug-likeness (QED) is 0.521. The zero-order valence-corrected chi connectivity index (χ0v) is 8.39. The molecule has 0 saturated heterocycles. The summed E-state index contributed by atoms with van der Waals surface area (Å²) in [7, 11) is 0. The van der Waals surface area contributed by atoms with E-state index in [1.54, 1.807) is 0 Å². The van der Waals surface area contributed by atoms with Crippen LogP contribution in [0, 0.1) is 0 Å². The number of nitrogens with two attached hydrogens (primary N) is 1. The van der Waals surface area contributed by atoms with E-state index in [9.17, 15) is 4.79 Å². The highest BCUT2D eigenvalue weighted by Gasteiger charge is 2.12. The third kappa shape index (κ3) is 4.20. The number of hydrogen-bond acceptors (Lipinski definition) is 2. The van der Waals surface area contributed by atoms with Crippen LogP contribution in [0.3, 0.4) is 0 Å². The predicted molar refractivity (Wildman–Crippen MR) is 46.9 cm³/mol. The minimum absolute atomic E-state index is 0. The molecule has 1 heterocycles. The standard InChI is InChI=1S/C9H12N2O2.ClH/c10-8(9(12)13)4-7-11-5-2-1-3-6-11;/h1-3,5-6,8H,4,7,10H2;1H. The number of carboxylic acid groups (broad SMARTS) is 1. The topological polar surface area (TPSA) is 67.2 Å². The SMILES string of the molecule is NC(CC[n+]1ccccc1)C(=O)O.[Cl-]. The second-order valence-electron chi connectivity index (χ2n) is 2.85. The Bertz CT molecular complexity index is 279. The first-order valence-corrected chi connectivity index (χ1v) is 4.12. The Morgan fingerprint density at radius 3 is 2.43 bits per heavy atom. The lowest BCUT2D eigenvalue weighted by Crippen LogP contribution is -3.00. The molecular formula is C9H13ClN2O2. The Hall–Kier alpha value is -1.13. The Morgan fingerprint density at radius 2 is 1.93 bits per heavy atom. The smallest absolute Gasteiger partial charge is 0.320 e. The van der Waals surface area contributed by atoms with Crippen LogP contribution in [0.15, 0.2) is 30.6 Å². The third-order valence-corrected chi connectivity index (χ3v) is 1.79. The summed E-state index contributed by atoms with van der Waals surface area (Å²) in [6.07, 6.45) is 4.22. The molecule has 1 rings (SSSR count). The lowest BCUT2D eigenvalue weighted by molar-refractivity contribution is -0.697. The van der Waals surface area contributed by atoms with Crippen LogP contribution in [0.5, 0.6) is 0 Å². The highest BCUT2D eigenvalue weighted by Crippen LogP contribution is 1.88. The van der Waals surface area contributed by atoms with E-state index in [4.69, 9.17) is 10.8 Å². The van der Waals surface area contributed by atoms with E-state index >= 15 is 0 Å². The Labute approximate surface area is 88.8 Å². The van der Waals surface area contributed by atoms with Crippen molar-refractivity contribution in [2.75, 3.05) is 0 Å². The van der Waals surface area contributed by atoms with Crippen LogP contribution in [0.4, 0.5) is 0 Å². The maximum Gasteiger partial charge on any atom is 0.320 e. The lowest BCUT2D eigenvalue weighted by atomic mass is 10.2. The van der Waals surface area contributed by atoms with E-state index in [-0.39, 0.29) is 12.4 Å². The van der Waals surface area contributed by atoms with Gasteiger partial charge in [0.15, 0.2) is 18.9 Å². The van der Waals surface area contributed by atoms with Gasteiger partial charge in [0, 0.05) is 18.6 Å². The molecule has 0 bridgehead atoms. The Kier molecular flexibility index (Phi) is 5.83. The van der Waals surface area contributed by atoms with Gasteiger partial charge in [-0.1, -0.05) is 6.07 Å². The fourth-order valence-electron chi connectivity index (χ4n) is 0.995. The van der Waals surface area contributed by atoms with Gasteiger partial charge in [-0.2, -0.15) is 0 Å². The molecule has 0 aliphatic heterocycles. The van der Waals surface area contributed by atoms with E-state index in [2.05, 4.69) is 0 Å². The molecule has 4 nitrogen and oxygen atoms in total. The summed E-state index contributed by atoms with van der Waals surface area (Å²) in [4.78, 5) is 10.4. The number of halogens is 1. The summed E-state index contributed by atoms with van der Waals surface area (Å²) in [6.45, 7) is 0.633. The van der Waals surface area contributed by atoms with Crippen LogP contribution in [-0.4, -0.2) is 17.1 Å². The normalized spacial score (nSPS) is 11.5. The molecule has 78 valence electrons. The van der Waals surface area contributed by atoms with Crippen molar-refractivity contribution >= 4 is 5.97 Å². The van der Waals surface area contributed by atoms with Crippen molar-refractivity contribution in [1.29, 1.82) is 0 Å². The van der Waals surface area contributed by atoms with Crippen molar-refractivity contribution in [2.45, 2.75) is 19.0 Å². The van der Waals surface area contributed by atoms with Crippen molar-refractivity contribution in [2.24, 2.45) is 5.73 Å². The first-order valence-electron chi connectivity index (χ1n) is 4.12. The van der Waals surface area contributed by atoms with Crippen molar-refractivity contribution in [3.63, 3.8) is 0 Å². The van der Waals surface area contributed by atoms with Crippen LogP contribution in [0.2, 0.25) is 0 Å². The zero-order chi connectivity index (χ0) is 9.68. The lowest BCUT2D eigenvalue weighted by Gasteiger charge is -2.02. The first kappa shape index (κ1) is 12.9.